The van der Waals surface area contributed by atoms with Crippen LogP contribution in [-0.2, 0) is 29.3 Å². The van der Waals surface area contributed by atoms with Gasteiger partial charge in [-0.1, -0.05) is 37.6 Å². The zero-order valence-electron chi connectivity index (χ0n) is 13.5. The van der Waals surface area contributed by atoms with Crippen LogP contribution in [0.1, 0.15) is 19.4 Å². The van der Waals surface area contributed by atoms with Crippen molar-refractivity contribution in [3.05, 3.63) is 46.5 Å². The lowest BCUT2D eigenvalue weighted by Crippen LogP contribution is -2.46. The molecule has 1 aliphatic rings. The van der Waals surface area contributed by atoms with Gasteiger partial charge in [-0.3, -0.25) is 4.79 Å². The molecule has 0 saturated heterocycles. The first-order chi connectivity index (χ1) is 11.3. The Morgan fingerprint density at radius 3 is 2.28 bits per heavy atom. The van der Waals surface area contributed by atoms with Gasteiger partial charge in [0.15, 0.2) is 5.50 Å². The zero-order valence-corrected chi connectivity index (χ0v) is 15.1. The molecule has 0 aromatic heterocycles. The molecule has 0 saturated carbocycles. The number of Topliss-reactive ketones (excluding diaryl/α,β-unsaturated/α-hetero) is 1. The Balaban J connectivity index is 2.37. The molecule has 1 aromatic carbocycles. The Labute approximate surface area is 155 Å². The van der Waals surface area contributed by atoms with Gasteiger partial charge in [0.1, 0.15) is 7.85 Å². The maximum atomic E-state index is 12.6. The van der Waals surface area contributed by atoms with Crippen molar-refractivity contribution in [2.75, 3.05) is 0 Å². The van der Waals surface area contributed by atoms with Crippen molar-refractivity contribution >= 4 is 51.0 Å². The molecule has 2 N–H and O–H groups in total. The molecular weight excluding hydrogens is 362 g/mol. The molecule has 1 heterocycles. The molecule has 6 radical (unpaired) electrons. The predicted molar refractivity (Wildman–Crippen MR) is 95.3 cm³/mol. The van der Waals surface area contributed by atoms with Gasteiger partial charge in [0.2, 0.25) is 17.4 Å². The van der Waals surface area contributed by atoms with Crippen LogP contribution in [0.4, 0.5) is 0 Å². The van der Waals surface area contributed by atoms with Gasteiger partial charge in [-0.2, -0.15) is 8.42 Å². The molecule has 11 heteroatoms. The molecule has 1 atom stereocenters. The first kappa shape index (κ1) is 19.8. The second-order valence-electron chi connectivity index (χ2n) is 5.91. The summed E-state index contributed by atoms with van der Waals surface area (Å²) in [4.78, 5) is 12.6. The Hall–Kier alpha value is -1.54. The van der Waals surface area contributed by atoms with E-state index in [1.165, 1.54) is 38.1 Å². The molecule has 1 aromatic rings. The summed E-state index contributed by atoms with van der Waals surface area (Å²) in [5, 5.41) is 0.408. The highest BCUT2D eigenvalue weighted by molar-refractivity contribution is 7.91. The van der Waals surface area contributed by atoms with Crippen LogP contribution < -0.4 is 5.73 Å². The number of hydrogen-bond acceptors (Lipinski definition) is 6. The first-order valence-electron chi connectivity index (χ1n) is 7.13. The van der Waals surface area contributed by atoms with Gasteiger partial charge in [0, 0.05) is 9.57 Å². The highest BCUT2D eigenvalue weighted by Gasteiger charge is 2.50. The lowest BCUT2D eigenvalue weighted by molar-refractivity contribution is -0.126. The van der Waals surface area contributed by atoms with Gasteiger partial charge >= 0.3 is 0 Å². The van der Waals surface area contributed by atoms with Crippen molar-refractivity contribution in [2.45, 2.75) is 23.9 Å². The minimum atomic E-state index is -4.61. The van der Waals surface area contributed by atoms with Crippen molar-refractivity contribution in [1.82, 2.24) is 0 Å². The molecule has 126 valence electrons. The number of halogens is 1. The maximum Gasteiger partial charge on any atom is 0.298 e. The predicted octanol–water partition coefficient (Wildman–Crippen LogP) is 0.382. The summed E-state index contributed by atoms with van der Waals surface area (Å²) in [5.41, 5.74) is 3.75. The molecule has 2 rings (SSSR count). The fourth-order valence-electron chi connectivity index (χ4n) is 1.98. The van der Waals surface area contributed by atoms with Gasteiger partial charge in [-0.05, 0) is 23.6 Å². The van der Waals surface area contributed by atoms with E-state index in [4.69, 9.17) is 49.8 Å². The normalized spacial score (nSPS) is 21.5. The maximum absolute atomic E-state index is 12.6. The van der Waals surface area contributed by atoms with Crippen LogP contribution in [-0.4, -0.2) is 42.3 Å². The average molecular weight is 375 g/mol. The number of ketones is 1. The van der Waals surface area contributed by atoms with E-state index in [0.717, 1.165) is 0 Å². The van der Waals surface area contributed by atoms with E-state index in [2.05, 4.69) is 0 Å². The molecule has 1 aliphatic heterocycles. The Kier molecular flexibility index (Phi) is 5.00. The van der Waals surface area contributed by atoms with Crippen LogP contribution in [0, 0.1) is 5.92 Å². The minimum Gasteiger partial charge on any atom is -0.467 e. The molecule has 0 amide bonds. The third-order valence-electron chi connectivity index (χ3n) is 3.84. The number of carbonyl (C=O) groups is 1. The summed E-state index contributed by atoms with van der Waals surface area (Å²) < 4.78 is 32.3. The van der Waals surface area contributed by atoms with Crippen LogP contribution in [0.2, 0.25) is 5.02 Å². The Morgan fingerprint density at radius 1 is 1.28 bits per heavy atom. The van der Waals surface area contributed by atoms with E-state index in [9.17, 15) is 13.2 Å². The van der Waals surface area contributed by atoms with E-state index >= 15 is 0 Å². The summed E-state index contributed by atoms with van der Waals surface area (Å²) in [5.74, 6) is -3.07. The monoisotopic (exact) mass is 375 g/mol. The topological polar surface area (TPSA) is 95.7 Å². The summed E-state index contributed by atoms with van der Waals surface area (Å²) >= 11 is 5.79. The quantitative estimate of drug-likeness (QED) is 0.591. The summed E-state index contributed by atoms with van der Waals surface area (Å²) in [6, 6.07) is 5.85. The van der Waals surface area contributed by atoms with E-state index in [-0.39, 0.29) is 5.56 Å². The van der Waals surface area contributed by atoms with Crippen LogP contribution >= 0.6 is 11.6 Å². The van der Waals surface area contributed by atoms with Crippen molar-refractivity contribution in [3.8, 4) is 0 Å². The number of hydrogen-bond donors (Lipinski definition) is 1. The van der Waals surface area contributed by atoms with Gasteiger partial charge in [0.25, 0.3) is 10.1 Å². The third-order valence-corrected chi connectivity index (χ3v) is 5.82. The van der Waals surface area contributed by atoms with Gasteiger partial charge in [-0.25, -0.2) is 0 Å². The van der Waals surface area contributed by atoms with Crippen molar-refractivity contribution in [1.29, 1.82) is 0 Å². The van der Waals surface area contributed by atoms with E-state index in [1.54, 1.807) is 0 Å². The second kappa shape index (κ2) is 6.32. The SMILES string of the molecule is [B]C([B])(C(C)C)S(=O)(=O)OC1=C(N)O[C@@]([B])(c2ccc(Cl)cc2)C1=O. The number of carbonyl (C=O) groups excluding carboxylic acids is 1. The Morgan fingerprint density at radius 2 is 1.80 bits per heavy atom. The van der Waals surface area contributed by atoms with Crippen LogP contribution in [0.15, 0.2) is 35.9 Å². The molecule has 25 heavy (non-hydrogen) atoms. The minimum absolute atomic E-state index is 0.205. The molecule has 0 bridgehead atoms. The summed E-state index contributed by atoms with van der Waals surface area (Å²) in [6.45, 7) is 2.96. The van der Waals surface area contributed by atoms with E-state index < -0.39 is 43.5 Å². The number of nitrogens with two attached hydrogens (primary N) is 1. The molecule has 0 unspecified atom stereocenters. The molecule has 6 nitrogen and oxygen atoms in total. The lowest BCUT2D eigenvalue weighted by atomic mass is 9.63. The number of benzene rings is 1. The summed E-state index contributed by atoms with van der Waals surface area (Å²) in [7, 11) is 12.6. The Bertz CT molecular complexity index is 839. The average Bonchev–Trinajstić information content (AvgIpc) is 2.71. The number of rotatable bonds is 5. The third kappa shape index (κ3) is 3.29. The van der Waals surface area contributed by atoms with Gasteiger partial charge < -0.3 is 14.7 Å². The van der Waals surface area contributed by atoms with Crippen molar-refractivity contribution in [3.63, 3.8) is 0 Å². The van der Waals surface area contributed by atoms with Crippen LogP contribution in [0.25, 0.3) is 0 Å². The standard InChI is InChI=1S/C14H13B3ClNO5S/c1-7(2)14(16,17)25(21,22)24-10-11(20)13(15,23-12(10)19)8-3-5-9(18)6-4-8/h3-7H,19H2,1-2H3/t13-/m0/s1. The van der Waals surface area contributed by atoms with Crippen molar-refractivity contribution in [2.24, 2.45) is 11.7 Å². The van der Waals surface area contributed by atoms with Crippen LogP contribution in [0.5, 0.6) is 0 Å². The zero-order chi connectivity index (χ0) is 19.2. The van der Waals surface area contributed by atoms with E-state index in [1.807, 2.05) is 0 Å². The molecule has 0 aliphatic carbocycles. The van der Waals surface area contributed by atoms with Crippen molar-refractivity contribution < 1.29 is 22.1 Å². The van der Waals surface area contributed by atoms with Crippen LogP contribution in [0.3, 0.4) is 0 Å². The second-order valence-corrected chi connectivity index (χ2v) is 8.13. The van der Waals surface area contributed by atoms with Gasteiger partial charge in [0.05, 0.1) is 15.7 Å². The molecular formula is C14H13B3ClNO5S. The molecule has 0 fully saturated rings. The smallest absolute Gasteiger partial charge is 0.298 e. The number of ether oxygens (including phenoxy) is 1. The fraction of sp³-hybridized carbons (Fsp3) is 0.357. The highest BCUT2D eigenvalue weighted by atomic mass is 35.5. The fourth-order valence-corrected chi connectivity index (χ4v) is 3.21. The first-order valence-corrected chi connectivity index (χ1v) is 8.92. The largest absolute Gasteiger partial charge is 0.467 e. The van der Waals surface area contributed by atoms with Gasteiger partial charge in [-0.15, -0.1) is 0 Å². The van der Waals surface area contributed by atoms with E-state index in [0.29, 0.717) is 5.02 Å². The lowest BCUT2D eigenvalue weighted by Gasteiger charge is -2.29. The summed E-state index contributed by atoms with van der Waals surface area (Å²) in [6.07, 6.45) is 0. The molecule has 0 spiro atoms. The highest BCUT2D eigenvalue weighted by Crippen LogP contribution is 2.37.